The number of aryl methyl sites for hydroxylation is 2. The number of nitrogens with zero attached hydrogens (tertiary/aromatic N) is 2. The lowest BCUT2D eigenvalue weighted by Crippen LogP contribution is -2.27. The molecule has 0 bridgehead atoms. The summed E-state index contributed by atoms with van der Waals surface area (Å²) in [6.45, 7) is 6.09. The normalized spacial score (nSPS) is 15.1. The number of thioether (sulfide) groups is 1. The number of benzene rings is 2. The molecular formula is C25H22N2O4S. The molecule has 7 heteroatoms. The number of carboxylic acid groups (broad SMARTS) is 1. The molecule has 1 aliphatic heterocycles. The van der Waals surface area contributed by atoms with Crippen LogP contribution in [0.4, 0.5) is 4.79 Å². The molecular weight excluding hydrogens is 424 g/mol. The van der Waals surface area contributed by atoms with Crippen molar-refractivity contribution in [2.75, 3.05) is 0 Å². The number of carboxylic acids is 1. The van der Waals surface area contributed by atoms with E-state index in [1.54, 1.807) is 30.3 Å². The number of imide groups is 1. The van der Waals surface area contributed by atoms with E-state index < -0.39 is 5.97 Å². The van der Waals surface area contributed by atoms with Crippen LogP contribution in [-0.4, -0.2) is 31.7 Å². The van der Waals surface area contributed by atoms with Gasteiger partial charge in [-0.3, -0.25) is 14.5 Å². The van der Waals surface area contributed by atoms with Gasteiger partial charge in [-0.2, -0.15) is 0 Å². The van der Waals surface area contributed by atoms with Gasteiger partial charge in [0.05, 0.1) is 17.0 Å². The van der Waals surface area contributed by atoms with Crippen molar-refractivity contribution in [3.8, 4) is 5.69 Å². The Kier molecular flexibility index (Phi) is 5.76. The van der Waals surface area contributed by atoms with Crippen LogP contribution in [0.5, 0.6) is 0 Å². The second kappa shape index (κ2) is 8.51. The van der Waals surface area contributed by atoms with Crippen LogP contribution < -0.4 is 0 Å². The predicted octanol–water partition coefficient (Wildman–Crippen LogP) is 5.34. The molecule has 32 heavy (non-hydrogen) atoms. The van der Waals surface area contributed by atoms with Gasteiger partial charge in [0.2, 0.25) is 0 Å². The van der Waals surface area contributed by atoms with Gasteiger partial charge >= 0.3 is 5.97 Å². The third-order valence-electron chi connectivity index (χ3n) is 5.59. The topological polar surface area (TPSA) is 79.6 Å². The zero-order valence-electron chi connectivity index (χ0n) is 18.0. The molecule has 1 aliphatic rings. The Morgan fingerprint density at radius 1 is 1.03 bits per heavy atom. The molecule has 1 N–H and O–H groups in total. The van der Waals surface area contributed by atoms with Crippen molar-refractivity contribution in [1.82, 2.24) is 9.47 Å². The molecule has 2 aromatic carbocycles. The second-order valence-corrected chi connectivity index (χ2v) is 8.70. The molecule has 0 radical (unpaired) electrons. The van der Waals surface area contributed by atoms with E-state index >= 15 is 0 Å². The van der Waals surface area contributed by atoms with Crippen molar-refractivity contribution in [3.63, 3.8) is 0 Å². The SMILES string of the molecule is Cc1ccccc1CN1C(=O)S/C(=C\c2cc(C)n(-c3ccc(C(=O)O)cc3)c2C)C1=O. The zero-order valence-corrected chi connectivity index (χ0v) is 18.8. The molecule has 0 spiro atoms. The summed E-state index contributed by atoms with van der Waals surface area (Å²) in [5.74, 6) is -1.27. The van der Waals surface area contributed by atoms with Crippen molar-refractivity contribution in [1.29, 1.82) is 0 Å². The average Bonchev–Trinajstić information content (AvgIpc) is 3.19. The Hall–Kier alpha value is -3.58. The number of hydrogen-bond acceptors (Lipinski definition) is 4. The van der Waals surface area contributed by atoms with E-state index in [9.17, 15) is 14.4 Å². The molecule has 0 aliphatic carbocycles. The summed E-state index contributed by atoms with van der Waals surface area (Å²) in [6.07, 6.45) is 1.76. The van der Waals surface area contributed by atoms with Crippen molar-refractivity contribution in [2.45, 2.75) is 27.3 Å². The lowest BCUT2D eigenvalue weighted by Gasteiger charge is -2.14. The summed E-state index contributed by atoms with van der Waals surface area (Å²) in [6, 6.07) is 16.3. The maximum absolute atomic E-state index is 13.0. The lowest BCUT2D eigenvalue weighted by molar-refractivity contribution is -0.123. The second-order valence-electron chi connectivity index (χ2n) is 7.71. The average molecular weight is 447 g/mol. The molecule has 4 rings (SSSR count). The van der Waals surface area contributed by atoms with E-state index in [4.69, 9.17) is 5.11 Å². The minimum absolute atomic E-state index is 0.221. The van der Waals surface area contributed by atoms with Crippen LogP contribution in [0.1, 0.15) is 38.4 Å². The number of aromatic carboxylic acids is 1. The highest BCUT2D eigenvalue weighted by molar-refractivity contribution is 8.18. The van der Waals surface area contributed by atoms with Crippen LogP contribution in [0.25, 0.3) is 11.8 Å². The molecule has 0 saturated carbocycles. The van der Waals surface area contributed by atoms with Gasteiger partial charge in [0.25, 0.3) is 11.1 Å². The highest BCUT2D eigenvalue weighted by atomic mass is 32.2. The van der Waals surface area contributed by atoms with Crippen LogP contribution in [0.15, 0.2) is 59.5 Å². The minimum Gasteiger partial charge on any atom is -0.478 e. The molecule has 2 heterocycles. The van der Waals surface area contributed by atoms with Gasteiger partial charge in [0.15, 0.2) is 0 Å². The fourth-order valence-electron chi connectivity index (χ4n) is 3.82. The van der Waals surface area contributed by atoms with Gasteiger partial charge in [0, 0.05) is 17.1 Å². The zero-order chi connectivity index (χ0) is 23.0. The molecule has 162 valence electrons. The smallest absolute Gasteiger partial charge is 0.335 e. The first kappa shape index (κ1) is 21.6. The van der Waals surface area contributed by atoms with Gasteiger partial charge in [-0.25, -0.2) is 4.79 Å². The Morgan fingerprint density at radius 2 is 1.72 bits per heavy atom. The van der Waals surface area contributed by atoms with Gasteiger partial charge in [-0.15, -0.1) is 0 Å². The first-order valence-electron chi connectivity index (χ1n) is 10.1. The van der Waals surface area contributed by atoms with Gasteiger partial charge in [-0.1, -0.05) is 24.3 Å². The Morgan fingerprint density at radius 3 is 2.38 bits per heavy atom. The summed E-state index contributed by atoms with van der Waals surface area (Å²) >= 11 is 0.951. The highest BCUT2D eigenvalue weighted by Crippen LogP contribution is 2.35. The standard InChI is InChI=1S/C25H22N2O4S/c1-15-6-4-5-7-19(15)14-26-23(28)22(32-25(26)31)13-20-12-16(2)27(17(20)3)21-10-8-18(9-11-21)24(29)30/h4-13H,14H2,1-3H3,(H,29,30)/b22-13-. The number of carbonyl (C=O) groups is 3. The predicted molar refractivity (Wildman–Crippen MR) is 125 cm³/mol. The van der Waals surface area contributed by atoms with Crippen molar-refractivity contribution < 1.29 is 19.5 Å². The molecule has 2 amide bonds. The Bertz CT molecular complexity index is 1270. The summed E-state index contributed by atoms with van der Waals surface area (Å²) in [7, 11) is 0. The summed E-state index contributed by atoms with van der Waals surface area (Å²) in [5, 5.41) is 8.84. The van der Waals surface area contributed by atoms with E-state index in [0.717, 1.165) is 45.5 Å². The van der Waals surface area contributed by atoms with Crippen LogP contribution in [-0.2, 0) is 11.3 Å². The minimum atomic E-state index is -0.973. The maximum atomic E-state index is 13.0. The number of carbonyl (C=O) groups excluding carboxylic acids is 2. The van der Waals surface area contributed by atoms with E-state index in [1.807, 2.05) is 55.7 Å². The monoisotopic (exact) mass is 446 g/mol. The van der Waals surface area contributed by atoms with Crippen LogP contribution in [0.3, 0.4) is 0 Å². The fraction of sp³-hybridized carbons (Fsp3) is 0.160. The van der Waals surface area contributed by atoms with Crippen LogP contribution >= 0.6 is 11.8 Å². The number of hydrogen-bond donors (Lipinski definition) is 1. The lowest BCUT2D eigenvalue weighted by atomic mass is 10.1. The highest BCUT2D eigenvalue weighted by Gasteiger charge is 2.35. The number of amides is 2. The molecule has 0 atom stereocenters. The largest absolute Gasteiger partial charge is 0.478 e. The third kappa shape index (κ3) is 3.99. The first-order chi connectivity index (χ1) is 15.3. The van der Waals surface area contributed by atoms with E-state index in [1.165, 1.54) is 4.90 Å². The fourth-order valence-corrected chi connectivity index (χ4v) is 4.65. The summed E-state index contributed by atoms with van der Waals surface area (Å²) < 4.78 is 2.00. The van der Waals surface area contributed by atoms with Crippen molar-refractivity contribution in [3.05, 3.63) is 93.1 Å². The molecule has 1 aromatic heterocycles. The van der Waals surface area contributed by atoms with E-state index in [2.05, 4.69) is 0 Å². The molecule has 1 saturated heterocycles. The van der Waals surface area contributed by atoms with Crippen molar-refractivity contribution in [2.24, 2.45) is 0 Å². The van der Waals surface area contributed by atoms with Gasteiger partial charge in [0.1, 0.15) is 0 Å². The van der Waals surface area contributed by atoms with E-state index in [0.29, 0.717) is 4.91 Å². The van der Waals surface area contributed by atoms with Gasteiger partial charge < -0.3 is 9.67 Å². The molecule has 1 fully saturated rings. The molecule has 6 nitrogen and oxygen atoms in total. The summed E-state index contributed by atoms with van der Waals surface area (Å²) in [5.41, 5.74) is 5.71. The van der Waals surface area contributed by atoms with Crippen LogP contribution in [0, 0.1) is 20.8 Å². The van der Waals surface area contributed by atoms with Gasteiger partial charge in [-0.05, 0) is 85.6 Å². The van der Waals surface area contributed by atoms with Crippen molar-refractivity contribution >= 4 is 35.0 Å². The third-order valence-corrected chi connectivity index (χ3v) is 6.50. The van der Waals surface area contributed by atoms with E-state index in [-0.39, 0.29) is 23.3 Å². The first-order valence-corrected chi connectivity index (χ1v) is 10.9. The number of aromatic nitrogens is 1. The van der Waals surface area contributed by atoms with Crippen LogP contribution in [0.2, 0.25) is 0 Å². The Labute approximate surface area is 190 Å². The number of rotatable bonds is 5. The summed E-state index contributed by atoms with van der Waals surface area (Å²) in [4.78, 5) is 38.3. The molecule has 0 unspecified atom stereocenters. The molecule has 3 aromatic rings. The quantitative estimate of drug-likeness (QED) is 0.536. The maximum Gasteiger partial charge on any atom is 0.335 e. The Balaban J connectivity index is 1.62.